The van der Waals surface area contributed by atoms with E-state index >= 15 is 0 Å². The van der Waals surface area contributed by atoms with Crippen LogP contribution in [0.3, 0.4) is 0 Å². The van der Waals surface area contributed by atoms with Crippen molar-refractivity contribution in [3.05, 3.63) is 23.8 Å². The molecule has 2 rings (SSSR count). The Kier molecular flexibility index (Phi) is 8.49. The van der Waals surface area contributed by atoms with Crippen LogP contribution in [-0.2, 0) is 4.79 Å². The monoisotopic (exact) mass is 423 g/mol. The summed E-state index contributed by atoms with van der Waals surface area (Å²) in [5.74, 6) is 1.51. The number of urea groups is 1. The maximum Gasteiger partial charge on any atom is 0.317 e. The van der Waals surface area contributed by atoms with Crippen LogP contribution in [-0.4, -0.2) is 66.9 Å². The molecule has 1 aliphatic rings. The van der Waals surface area contributed by atoms with Crippen LogP contribution in [0.4, 0.5) is 4.79 Å². The lowest BCUT2D eigenvalue weighted by molar-refractivity contribution is -0.130. The summed E-state index contributed by atoms with van der Waals surface area (Å²) in [5.41, 5.74) is 0.904. The van der Waals surface area contributed by atoms with Gasteiger partial charge in [-0.3, -0.25) is 4.79 Å². The maximum atomic E-state index is 12.9. The van der Waals surface area contributed by atoms with Gasteiger partial charge in [-0.2, -0.15) is 0 Å². The second-order valence-electron chi connectivity index (χ2n) is 7.29. The van der Waals surface area contributed by atoms with Gasteiger partial charge in [0.15, 0.2) is 0 Å². The van der Waals surface area contributed by atoms with E-state index in [1.165, 1.54) is 0 Å². The van der Waals surface area contributed by atoms with Crippen molar-refractivity contribution >= 4 is 23.7 Å². The van der Waals surface area contributed by atoms with Crippen LogP contribution < -0.4 is 14.8 Å². The number of rotatable bonds is 9. The van der Waals surface area contributed by atoms with Gasteiger partial charge >= 0.3 is 6.03 Å². The van der Waals surface area contributed by atoms with Gasteiger partial charge in [0, 0.05) is 31.2 Å². The lowest BCUT2D eigenvalue weighted by atomic mass is 10.1. The maximum absolute atomic E-state index is 12.9. The summed E-state index contributed by atoms with van der Waals surface area (Å²) in [4.78, 5) is 29.0. The molecule has 0 unspecified atom stereocenters. The number of amides is 3. The number of thioether (sulfide) groups is 1. The molecule has 1 aromatic carbocycles. The number of carbonyl (C=O) groups is 2. The SMILES string of the molecule is CCCNC(=O)N(CCN1C(=O)[C@H](C)S[C@H]1c1cc(OC)ccc1OC)C(C)C. The molecule has 0 spiro atoms. The van der Waals surface area contributed by atoms with Crippen molar-refractivity contribution in [3.63, 3.8) is 0 Å². The molecule has 1 aliphatic heterocycles. The third-order valence-electron chi connectivity index (χ3n) is 4.94. The summed E-state index contributed by atoms with van der Waals surface area (Å²) in [6.07, 6.45) is 0.883. The van der Waals surface area contributed by atoms with E-state index in [0.29, 0.717) is 19.6 Å². The molecular formula is C21H33N3O4S. The lowest BCUT2D eigenvalue weighted by Gasteiger charge is -2.31. The second kappa shape index (κ2) is 10.6. The zero-order chi connectivity index (χ0) is 21.6. The van der Waals surface area contributed by atoms with Crippen LogP contribution in [0, 0.1) is 0 Å². The number of hydrogen-bond acceptors (Lipinski definition) is 5. The summed E-state index contributed by atoms with van der Waals surface area (Å²) in [6, 6.07) is 5.57. The number of nitrogens with one attached hydrogen (secondary N) is 1. The molecule has 3 amide bonds. The van der Waals surface area contributed by atoms with Crippen LogP contribution in [0.2, 0.25) is 0 Å². The number of ether oxygens (including phenoxy) is 2. The van der Waals surface area contributed by atoms with Gasteiger partial charge in [0.25, 0.3) is 0 Å². The zero-order valence-corrected chi connectivity index (χ0v) is 19.0. The fourth-order valence-corrected chi connectivity index (χ4v) is 4.64. The van der Waals surface area contributed by atoms with Crippen LogP contribution in [0.15, 0.2) is 18.2 Å². The summed E-state index contributed by atoms with van der Waals surface area (Å²) in [7, 11) is 3.24. The highest BCUT2D eigenvalue weighted by Gasteiger charge is 2.40. The Morgan fingerprint density at radius 1 is 1.31 bits per heavy atom. The molecule has 2 atom stereocenters. The van der Waals surface area contributed by atoms with Crippen LogP contribution in [0.1, 0.15) is 45.1 Å². The first-order chi connectivity index (χ1) is 13.8. The summed E-state index contributed by atoms with van der Waals surface area (Å²) in [6.45, 7) is 9.47. The predicted octanol–water partition coefficient (Wildman–Crippen LogP) is 3.50. The Balaban J connectivity index is 2.23. The van der Waals surface area contributed by atoms with Gasteiger partial charge in [-0.25, -0.2) is 4.79 Å². The van der Waals surface area contributed by atoms with Gasteiger partial charge in [0.1, 0.15) is 16.9 Å². The minimum atomic E-state index is -0.185. The minimum absolute atomic E-state index is 0.0412. The summed E-state index contributed by atoms with van der Waals surface area (Å²) >= 11 is 1.59. The molecule has 7 nitrogen and oxygen atoms in total. The highest BCUT2D eigenvalue weighted by atomic mass is 32.2. The molecule has 1 fully saturated rings. The molecule has 0 radical (unpaired) electrons. The van der Waals surface area contributed by atoms with Crippen LogP contribution in [0.25, 0.3) is 0 Å². The first kappa shape index (κ1) is 23.2. The Morgan fingerprint density at radius 3 is 2.62 bits per heavy atom. The Labute approximate surface area is 178 Å². The van der Waals surface area contributed by atoms with E-state index in [1.807, 2.05) is 50.8 Å². The van der Waals surface area contributed by atoms with Crippen LogP contribution >= 0.6 is 11.8 Å². The molecule has 162 valence electrons. The van der Waals surface area contributed by atoms with Crippen molar-refractivity contribution in [3.8, 4) is 11.5 Å². The predicted molar refractivity (Wildman–Crippen MR) is 117 cm³/mol. The average molecular weight is 424 g/mol. The number of hydrogen-bond donors (Lipinski definition) is 1. The van der Waals surface area contributed by atoms with E-state index < -0.39 is 0 Å². The van der Waals surface area contributed by atoms with Gasteiger partial charge in [-0.15, -0.1) is 11.8 Å². The molecule has 1 N–H and O–H groups in total. The molecule has 1 heterocycles. The number of carbonyl (C=O) groups excluding carboxylic acids is 2. The van der Waals surface area contributed by atoms with E-state index in [-0.39, 0.29) is 28.6 Å². The number of nitrogens with zero attached hydrogens (tertiary/aromatic N) is 2. The van der Waals surface area contributed by atoms with Crippen LogP contribution in [0.5, 0.6) is 11.5 Å². The number of benzene rings is 1. The van der Waals surface area contributed by atoms with Gasteiger partial charge in [0.2, 0.25) is 5.91 Å². The van der Waals surface area contributed by atoms with Crippen molar-refractivity contribution in [2.24, 2.45) is 0 Å². The van der Waals surface area contributed by atoms with Crippen molar-refractivity contribution in [1.82, 2.24) is 15.1 Å². The molecule has 0 bridgehead atoms. The lowest BCUT2D eigenvalue weighted by Crippen LogP contribution is -2.48. The van der Waals surface area contributed by atoms with Gasteiger partial charge in [-0.1, -0.05) is 6.92 Å². The normalized spacial score (nSPS) is 18.9. The Hall–Kier alpha value is -2.09. The molecule has 8 heteroatoms. The van der Waals surface area contributed by atoms with Gasteiger partial charge in [-0.05, 0) is 45.4 Å². The van der Waals surface area contributed by atoms with E-state index in [0.717, 1.165) is 23.5 Å². The first-order valence-corrected chi connectivity index (χ1v) is 11.0. The third-order valence-corrected chi connectivity index (χ3v) is 6.32. The minimum Gasteiger partial charge on any atom is -0.497 e. The summed E-state index contributed by atoms with van der Waals surface area (Å²) < 4.78 is 10.9. The summed E-state index contributed by atoms with van der Waals surface area (Å²) in [5, 5.41) is 2.59. The second-order valence-corrected chi connectivity index (χ2v) is 8.72. The third kappa shape index (κ3) is 5.50. The Bertz CT molecular complexity index is 713. The van der Waals surface area contributed by atoms with E-state index in [4.69, 9.17) is 9.47 Å². The number of methoxy groups -OCH3 is 2. The highest BCUT2D eigenvalue weighted by molar-refractivity contribution is 8.01. The largest absolute Gasteiger partial charge is 0.497 e. The van der Waals surface area contributed by atoms with Crippen molar-refractivity contribution < 1.29 is 19.1 Å². The Morgan fingerprint density at radius 2 is 2.03 bits per heavy atom. The quantitative estimate of drug-likeness (QED) is 0.658. The molecule has 0 saturated carbocycles. The van der Waals surface area contributed by atoms with Crippen molar-refractivity contribution in [2.45, 2.75) is 50.8 Å². The molecule has 29 heavy (non-hydrogen) atoms. The van der Waals surface area contributed by atoms with Gasteiger partial charge in [0.05, 0.1) is 19.5 Å². The average Bonchev–Trinajstić information content (AvgIpc) is 2.99. The fraction of sp³-hybridized carbons (Fsp3) is 0.619. The topological polar surface area (TPSA) is 71.1 Å². The molecular weight excluding hydrogens is 390 g/mol. The van der Waals surface area contributed by atoms with Crippen molar-refractivity contribution in [1.29, 1.82) is 0 Å². The molecule has 1 aromatic rings. The molecule has 0 aliphatic carbocycles. The van der Waals surface area contributed by atoms with E-state index in [1.54, 1.807) is 30.9 Å². The standard InChI is InChI=1S/C21H33N3O4S/c1-7-10-22-21(26)23(14(2)3)11-12-24-19(25)15(4)29-20(24)17-13-16(27-5)8-9-18(17)28-6/h8-9,13-15,20H,7,10-12H2,1-6H3,(H,22,26)/t15-,20-/m0/s1. The van der Waals surface area contributed by atoms with E-state index in [9.17, 15) is 9.59 Å². The smallest absolute Gasteiger partial charge is 0.317 e. The van der Waals surface area contributed by atoms with Gasteiger partial charge < -0.3 is 24.6 Å². The molecule has 1 saturated heterocycles. The fourth-order valence-electron chi connectivity index (χ4n) is 3.32. The highest BCUT2D eigenvalue weighted by Crippen LogP contribution is 2.46. The zero-order valence-electron chi connectivity index (χ0n) is 18.2. The first-order valence-electron chi connectivity index (χ1n) is 10.1. The van der Waals surface area contributed by atoms with Crippen molar-refractivity contribution in [2.75, 3.05) is 33.9 Å². The van der Waals surface area contributed by atoms with E-state index in [2.05, 4.69) is 5.32 Å². The molecule has 0 aromatic heterocycles.